The third-order valence-corrected chi connectivity index (χ3v) is 5.33. The maximum atomic E-state index is 5.85. The minimum atomic E-state index is 0.593. The molecule has 0 bridgehead atoms. The van der Waals surface area contributed by atoms with E-state index in [1.807, 2.05) is 0 Å². The van der Waals surface area contributed by atoms with Gasteiger partial charge in [0.2, 0.25) is 0 Å². The van der Waals surface area contributed by atoms with Crippen LogP contribution >= 0.6 is 0 Å². The second-order valence-electron chi connectivity index (χ2n) is 6.73. The highest BCUT2D eigenvalue weighted by Gasteiger charge is 2.32. The third-order valence-electron chi connectivity index (χ3n) is 5.33. The van der Waals surface area contributed by atoms with Gasteiger partial charge in [0.1, 0.15) is 0 Å². The molecule has 3 N–H and O–H groups in total. The average Bonchev–Trinajstić information content (AvgIpc) is 2.35. The molecule has 0 spiro atoms. The lowest BCUT2D eigenvalue weighted by molar-refractivity contribution is 0.144. The Bertz CT molecular complexity index is 191. The van der Waals surface area contributed by atoms with Gasteiger partial charge >= 0.3 is 0 Å². The second-order valence-corrected chi connectivity index (χ2v) is 6.73. The van der Waals surface area contributed by atoms with Crippen LogP contribution in [0.15, 0.2) is 0 Å². The molecule has 0 radical (unpaired) electrons. The zero-order valence-corrected chi connectivity index (χ0v) is 11.6. The fraction of sp³-hybridized carbons (Fsp3) is 1.00. The molecule has 0 unspecified atom stereocenters. The summed E-state index contributed by atoms with van der Waals surface area (Å²) >= 11 is 0. The summed E-state index contributed by atoms with van der Waals surface area (Å²) in [5.74, 6) is 9.42. The standard InChI is InChI=1S/C15H30N2/c1-11-3-7-13(8-4-11)15(17-16)14-9-5-12(2)6-10-14/h11-15,17H,3-10,16H2,1-2H3. The van der Waals surface area contributed by atoms with Crippen LogP contribution in [0.3, 0.4) is 0 Å². The van der Waals surface area contributed by atoms with E-state index in [0.29, 0.717) is 6.04 Å². The molecule has 2 rings (SSSR count). The summed E-state index contributed by atoms with van der Waals surface area (Å²) in [6.45, 7) is 4.78. The van der Waals surface area contributed by atoms with Crippen LogP contribution in [-0.2, 0) is 0 Å². The van der Waals surface area contributed by atoms with Crippen molar-refractivity contribution in [1.82, 2.24) is 5.43 Å². The molecule has 2 fully saturated rings. The number of hydrogen-bond acceptors (Lipinski definition) is 2. The first-order valence-corrected chi connectivity index (χ1v) is 7.66. The van der Waals surface area contributed by atoms with E-state index in [0.717, 1.165) is 23.7 Å². The van der Waals surface area contributed by atoms with Gasteiger partial charge in [-0.25, -0.2) is 0 Å². The lowest BCUT2D eigenvalue weighted by atomic mass is 9.71. The van der Waals surface area contributed by atoms with Crippen LogP contribution in [0.1, 0.15) is 65.2 Å². The van der Waals surface area contributed by atoms with E-state index in [4.69, 9.17) is 5.84 Å². The highest BCUT2D eigenvalue weighted by molar-refractivity contribution is 4.87. The van der Waals surface area contributed by atoms with Crippen LogP contribution in [-0.4, -0.2) is 6.04 Å². The smallest absolute Gasteiger partial charge is 0.0267 e. The van der Waals surface area contributed by atoms with Crippen molar-refractivity contribution < 1.29 is 0 Å². The minimum absolute atomic E-state index is 0.593. The van der Waals surface area contributed by atoms with E-state index in [2.05, 4.69) is 19.3 Å². The van der Waals surface area contributed by atoms with Crippen molar-refractivity contribution in [2.45, 2.75) is 71.3 Å². The molecule has 2 saturated carbocycles. The maximum Gasteiger partial charge on any atom is 0.0267 e. The maximum absolute atomic E-state index is 5.85. The van der Waals surface area contributed by atoms with Gasteiger partial charge in [0.15, 0.2) is 0 Å². The Labute approximate surface area is 107 Å². The number of nitrogens with two attached hydrogens (primary N) is 1. The SMILES string of the molecule is CC1CCC(C(NN)C2CCC(C)CC2)CC1. The Morgan fingerprint density at radius 3 is 1.41 bits per heavy atom. The predicted octanol–water partition coefficient (Wildman–Crippen LogP) is 3.47. The number of hydrogen-bond donors (Lipinski definition) is 2. The Hall–Kier alpha value is -0.0800. The first kappa shape index (κ1) is 13.4. The molecular formula is C15H30N2. The fourth-order valence-corrected chi connectivity index (χ4v) is 3.95. The largest absolute Gasteiger partial charge is 0.271 e. The van der Waals surface area contributed by atoms with E-state index in [1.165, 1.54) is 51.4 Å². The van der Waals surface area contributed by atoms with Crippen LogP contribution in [0.25, 0.3) is 0 Å². The topological polar surface area (TPSA) is 38.0 Å². The monoisotopic (exact) mass is 238 g/mol. The summed E-state index contributed by atoms with van der Waals surface area (Å²) in [5, 5.41) is 0. The Morgan fingerprint density at radius 2 is 1.12 bits per heavy atom. The molecule has 2 aliphatic carbocycles. The summed E-state index contributed by atoms with van der Waals surface area (Å²) in [6.07, 6.45) is 11.2. The first-order chi connectivity index (χ1) is 8.20. The van der Waals surface area contributed by atoms with Crippen LogP contribution in [0, 0.1) is 23.7 Å². The van der Waals surface area contributed by atoms with Crippen LogP contribution < -0.4 is 11.3 Å². The molecule has 0 atom stereocenters. The van der Waals surface area contributed by atoms with Gasteiger partial charge in [-0.2, -0.15) is 0 Å². The summed E-state index contributed by atoms with van der Waals surface area (Å²) in [5.41, 5.74) is 3.17. The van der Waals surface area contributed by atoms with Gasteiger partial charge in [-0.1, -0.05) is 39.5 Å². The molecule has 17 heavy (non-hydrogen) atoms. The summed E-state index contributed by atoms with van der Waals surface area (Å²) in [6, 6.07) is 0.593. The zero-order valence-electron chi connectivity index (χ0n) is 11.6. The summed E-state index contributed by atoms with van der Waals surface area (Å²) in [4.78, 5) is 0. The van der Waals surface area contributed by atoms with E-state index < -0.39 is 0 Å². The van der Waals surface area contributed by atoms with Gasteiger partial charge in [0.05, 0.1) is 0 Å². The highest BCUT2D eigenvalue weighted by atomic mass is 15.2. The van der Waals surface area contributed by atoms with Gasteiger partial charge < -0.3 is 0 Å². The van der Waals surface area contributed by atoms with Crippen LogP contribution in [0.2, 0.25) is 0 Å². The van der Waals surface area contributed by atoms with E-state index in [9.17, 15) is 0 Å². The van der Waals surface area contributed by atoms with Gasteiger partial charge in [-0.05, 0) is 49.4 Å². The average molecular weight is 238 g/mol. The molecule has 0 aromatic carbocycles. The molecule has 0 aromatic heterocycles. The van der Waals surface area contributed by atoms with Gasteiger partial charge in [0.25, 0.3) is 0 Å². The van der Waals surface area contributed by atoms with Crippen molar-refractivity contribution in [2.24, 2.45) is 29.5 Å². The molecular weight excluding hydrogens is 208 g/mol. The van der Waals surface area contributed by atoms with E-state index in [1.54, 1.807) is 0 Å². The minimum Gasteiger partial charge on any atom is -0.271 e. The lowest BCUT2D eigenvalue weighted by Gasteiger charge is -2.39. The lowest BCUT2D eigenvalue weighted by Crippen LogP contribution is -2.48. The van der Waals surface area contributed by atoms with E-state index >= 15 is 0 Å². The van der Waals surface area contributed by atoms with Crippen molar-refractivity contribution >= 4 is 0 Å². The molecule has 2 heteroatoms. The molecule has 0 aromatic rings. The molecule has 0 aliphatic heterocycles. The molecule has 100 valence electrons. The fourth-order valence-electron chi connectivity index (χ4n) is 3.95. The first-order valence-electron chi connectivity index (χ1n) is 7.66. The second kappa shape index (κ2) is 6.19. The molecule has 0 amide bonds. The van der Waals surface area contributed by atoms with Gasteiger partial charge in [-0.15, -0.1) is 0 Å². The zero-order chi connectivity index (χ0) is 12.3. The van der Waals surface area contributed by atoms with Crippen molar-refractivity contribution in [1.29, 1.82) is 0 Å². The number of nitrogens with one attached hydrogen (secondary N) is 1. The molecule has 0 heterocycles. The van der Waals surface area contributed by atoms with Crippen molar-refractivity contribution in [2.75, 3.05) is 0 Å². The number of rotatable bonds is 3. The van der Waals surface area contributed by atoms with Crippen molar-refractivity contribution in [3.05, 3.63) is 0 Å². The molecule has 0 saturated heterocycles. The molecule has 2 nitrogen and oxygen atoms in total. The van der Waals surface area contributed by atoms with Gasteiger partial charge in [0, 0.05) is 6.04 Å². The quantitative estimate of drug-likeness (QED) is 0.583. The van der Waals surface area contributed by atoms with Crippen LogP contribution in [0.4, 0.5) is 0 Å². The Balaban J connectivity index is 1.87. The van der Waals surface area contributed by atoms with Crippen molar-refractivity contribution in [3.63, 3.8) is 0 Å². The van der Waals surface area contributed by atoms with Crippen LogP contribution in [0.5, 0.6) is 0 Å². The Morgan fingerprint density at radius 1 is 0.765 bits per heavy atom. The number of hydrazine groups is 1. The Kier molecular flexibility index (Phi) is 4.87. The highest BCUT2D eigenvalue weighted by Crippen LogP contribution is 2.38. The molecule has 2 aliphatic rings. The summed E-state index contributed by atoms with van der Waals surface area (Å²) < 4.78 is 0. The summed E-state index contributed by atoms with van der Waals surface area (Å²) in [7, 11) is 0. The predicted molar refractivity (Wildman–Crippen MR) is 73.4 cm³/mol. The van der Waals surface area contributed by atoms with Gasteiger partial charge in [-0.3, -0.25) is 11.3 Å². The van der Waals surface area contributed by atoms with E-state index in [-0.39, 0.29) is 0 Å². The third kappa shape index (κ3) is 3.45. The van der Waals surface area contributed by atoms with Crippen molar-refractivity contribution in [3.8, 4) is 0 Å². The normalized spacial score (nSPS) is 41.1.